The van der Waals surface area contributed by atoms with Gasteiger partial charge in [-0.3, -0.25) is 4.79 Å². The number of hydrogen-bond acceptors (Lipinski definition) is 2. The Labute approximate surface area is 123 Å². The first-order valence-corrected chi connectivity index (χ1v) is 6.81. The summed E-state index contributed by atoms with van der Waals surface area (Å²) in [4.78, 5) is 12.1. The fourth-order valence-corrected chi connectivity index (χ4v) is 2.14. The highest BCUT2D eigenvalue weighted by molar-refractivity contribution is 6.31. The number of nitrogen functional groups attached to an aromatic ring is 1. The fraction of sp³-hybridized carbons (Fsp3) is 0.188. The Kier molecular flexibility index (Phi) is 4.30. The molecule has 0 heterocycles. The van der Waals surface area contributed by atoms with E-state index in [9.17, 15) is 4.79 Å². The van der Waals surface area contributed by atoms with Crippen molar-refractivity contribution in [3.63, 3.8) is 0 Å². The van der Waals surface area contributed by atoms with Crippen LogP contribution < -0.4 is 11.1 Å². The summed E-state index contributed by atoms with van der Waals surface area (Å²) in [5, 5.41) is 3.28. The van der Waals surface area contributed by atoms with Gasteiger partial charge in [-0.1, -0.05) is 37.6 Å². The lowest BCUT2D eigenvalue weighted by Crippen LogP contribution is -2.12. The molecule has 0 bridgehead atoms. The van der Waals surface area contributed by atoms with Crippen molar-refractivity contribution in [3.05, 3.63) is 58.6 Å². The molecule has 0 aromatic heterocycles. The first kappa shape index (κ1) is 14.4. The molecule has 0 saturated heterocycles. The van der Waals surface area contributed by atoms with Gasteiger partial charge in [-0.05, 0) is 41.8 Å². The van der Waals surface area contributed by atoms with Gasteiger partial charge in [0.25, 0.3) is 5.91 Å². The molecule has 0 spiro atoms. The molecule has 3 nitrogen and oxygen atoms in total. The number of nitrogens with two attached hydrogens (primary N) is 1. The molecule has 0 radical (unpaired) electrons. The molecule has 2 rings (SSSR count). The van der Waals surface area contributed by atoms with Crippen molar-refractivity contribution in [3.8, 4) is 0 Å². The Morgan fingerprint density at radius 1 is 1.15 bits per heavy atom. The van der Waals surface area contributed by atoms with Crippen LogP contribution in [0.15, 0.2) is 42.5 Å². The highest BCUT2D eigenvalue weighted by Crippen LogP contribution is 2.20. The maximum atomic E-state index is 12.1. The lowest BCUT2D eigenvalue weighted by molar-refractivity contribution is 0.102. The van der Waals surface area contributed by atoms with Crippen LogP contribution in [-0.2, 0) is 0 Å². The molecule has 0 aliphatic rings. The van der Waals surface area contributed by atoms with E-state index in [1.54, 1.807) is 18.2 Å². The first-order chi connectivity index (χ1) is 9.45. The Hall–Kier alpha value is -2.00. The van der Waals surface area contributed by atoms with E-state index in [2.05, 4.69) is 19.2 Å². The topological polar surface area (TPSA) is 55.1 Å². The number of anilines is 2. The van der Waals surface area contributed by atoms with Gasteiger partial charge in [-0.25, -0.2) is 0 Å². The van der Waals surface area contributed by atoms with E-state index in [4.69, 9.17) is 17.3 Å². The highest BCUT2D eigenvalue weighted by Gasteiger charge is 2.08. The van der Waals surface area contributed by atoms with Crippen LogP contribution in [0.1, 0.15) is 35.7 Å². The van der Waals surface area contributed by atoms with Gasteiger partial charge < -0.3 is 11.1 Å². The smallest absolute Gasteiger partial charge is 0.255 e. The van der Waals surface area contributed by atoms with E-state index in [-0.39, 0.29) is 5.91 Å². The molecule has 1 amide bonds. The normalized spacial score (nSPS) is 10.6. The summed E-state index contributed by atoms with van der Waals surface area (Å²) >= 11 is 5.89. The molecule has 0 aliphatic carbocycles. The average Bonchev–Trinajstić information content (AvgIpc) is 2.38. The first-order valence-electron chi connectivity index (χ1n) is 6.43. The Balaban J connectivity index is 2.14. The van der Waals surface area contributed by atoms with Crippen molar-refractivity contribution in [1.29, 1.82) is 0 Å². The van der Waals surface area contributed by atoms with Crippen LogP contribution in [0, 0.1) is 0 Å². The zero-order valence-corrected chi connectivity index (χ0v) is 12.2. The molecule has 0 unspecified atom stereocenters. The largest absolute Gasteiger partial charge is 0.399 e. The monoisotopic (exact) mass is 288 g/mol. The predicted octanol–water partition coefficient (Wildman–Crippen LogP) is 4.30. The van der Waals surface area contributed by atoms with E-state index in [0.29, 0.717) is 22.2 Å². The summed E-state index contributed by atoms with van der Waals surface area (Å²) in [6.07, 6.45) is 0. The maximum Gasteiger partial charge on any atom is 0.255 e. The third-order valence-corrected chi connectivity index (χ3v) is 3.24. The Bertz CT molecular complexity index is 601. The van der Waals surface area contributed by atoms with Crippen molar-refractivity contribution in [2.75, 3.05) is 11.1 Å². The minimum absolute atomic E-state index is 0.225. The molecule has 104 valence electrons. The number of carbonyl (C=O) groups excluding carboxylic acids is 1. The number of benzene rings is 2. The van der Waals surface area contributed by atoms with Crippen LogP contribution in [0.25, 0.3) is 0 Å². The van der Waals surface area contributed by atoms with E-state index in [1.807, 2.05) is 24.3 Å². The summed E-state index contributed by atoms with van der Waals surface area (Å²) in [7, 11) is 0. The van der Waals surface area contributed by atoms with Crippen LogP contribution in [-0.4, -0.2) is 5.91 Å². The van der Waals surface area contributed by atoms with Crippen molar-refractivity contribution in [1.82, 2.24) is 0 Å². The van der Waals surface area contributed by atoms with Crippen molar-refractivity contribution in [2.24, 2.45) is 0 Å². The third-order valence-electron chi connectivity index (χ3n) is 3.02. The second-order valence-electron chi connectivity index (χ2n) is 5.00. The summed E-state index contributed by atoms with van der Waals surface area (Å²) in [5.41, 5.74) is 8.58. The number of halogens is 1. The van der Waals surface area contributed by atoms with Gasteiger partial charge in [-0.2, -0.15) is 0 Å². The fourth-order valence-electron chi connectivity index (χ4n) is 1.90. The average molecular weight is 289 g/mol. The van der Waals surface area contributed by atoms with Gasteiger partial charge in [-0.15, -0.1) is 0 Å². The van der Waals surface area contributed by atoms with Crippen LogP contribution in [0.5, 0.6) is 0 Å². The molecule has 2 aromatic rings. The van der Waals surface area contributed by atoms with Crippen LogP contribution in [0.2, 0.25) is 5.02 Å². The summed E-state index contributed by atoms with van der Waals surface area (Å²) in [5.74, 6) is 0.240. The molecular formula is C16H17ClN2O. The molecule has 2 aromatic carbocycles. The van der Waals surface area contributed by atoms with Crippen LogP contribution in [0.4, 0.5) is 11.4 Å². The second kappa shape index (κ2) is 5.97. The molecule has 4 heteroatoms. The number of carbonyl (C=O) groups is 1. The summed E-state index contributed by atoms with van der Waals surface area (Å²) in [6.45, 7) is 4.25. The lowest BCUT2D eigenvalue weighted by Gasteiger charge is -2.09. The molecular weight excluding hydrogens is 272 g/mol. The Morgan fingerprint density at radius 2 is 1.80 bits per heavy atom. The van der Waals surface area contributed by atoms with Gasteiger partial charge in [0, 0.05) is 22.0 Å². The summed E-state index contributed by atoms with van der Waals surface area (Å²) < 4.78 is 0. The molecule has 0 atom stereocenters. The van der Waals surface area contributed by atoms with E-state index < -0.39 is 0 Å². The number of rotatable bonds is 3. The number of hydrogen-bond donors (Lipinski definition) is 2. The maximum absolute atomic E-state index is 12.1. The minimum Gasteiger partial charge on any atom is -0.399 e. The third kappa shape index (κ3) is 3.52. The van der Waals surface area contributed by atoms with Gasteiger partial charge >= 0.3 is 0 Å². The van der Waals surface area contributed by atoms with E-state index in [1.165, 1.54) is 5.56 Å². The molecule has 0 fully saturated rings. The zero-order valence-electron chi connectivity index (χ0n) is 11.5. The van der Waals surface area contributed by atoms with Gasteiger partial charge in [0.2, 0.25) is 0 Å². The molecule has 0 aliphatic heterocycles. The van der Waals surface area contributed by atoms with Crippen molar-refractivity contribution < 1.29 is 4.79 Å². The van der Waals surface area contributed by atoms with Gasteiger partial charge in [0.05, 0.1) is 0 Å². The minimum atomic E-state index is -0.225. The quantitative estimate of drug-likeness (QED) is 0.828. The Morgan fingerprint density at radius 3 is 2.35 bits per heavy atom. The molecule has 3 N–H and O–H groups in total. The lowest BCUT2D eigenvalue weighted by atomic mass is 10.0. The van der Waals surface area contributed by atoms with Crippen LogP contribution >= 0.6 is 11.6 Å². The van der Waals surface area contributed by atoms with Crippen LogP contribution in [0.3, 0.4) is 0 Å². The second-order valence-corrected chi connectivity index (χ2v) is 5.44. The number of nitrogens with one attached hydrogen (secondary N) is 1. The zero-order chi connectivity index (χ0) is 14.7. The van der Waals surface area contributed by atoms with Crippen molar-refractivity contribution in [2.45, 2.75) is 19.8 Å². The van der Waals surface area contributed by atoms with E-state index >= 15 is 0 Å². The molecule has 20 heavy (non-hydrogen) atoms. The predicted molar refractivity (Wildman–Crippen MR) is 84.3 cm³/mol. The van der Waals surface area contributed by atoms with Gasteiger partial charge in [0.1, 0.15) is 0 Å². The summed E-state index contributed by atoms with van der Waals surface area (Å²) in [6, 6.07) is 12.6. The number of amides is 1. The van der Waals surface area contributed by atoms with Crippen molar-refractivity contribution >= 4 is 28.9 Å². The standard InChI is InChI=1S/C16H17ClN2O/c1-10(2)11-3-5-15(6-4-11)19-16(20)12-7-13(17)9-14(18)8-12/h3-10H,18H2,1-2H3,(H,19,20). The van der Waals surface area contributed by atoms with E-state index in [0.717, 1.165) is 5.69 Å². The highest BCUT2D eigenvalue weighted by atomic mass is 35.5. The van der Waals surface area contributed by atoms with Gasteiger partial charge in [0.15, 0.2) is 0 Å². The molecule has 0 saturated carbocycles. The SMILES string of the molecule is CC(C)c1ccc(NC(=O)c2cc(N)cc(Cl)c2)cc1.